The lowest BCUT2D eigenvalue weighted by atomic mass is 9.68. The molecule has 0 N–H and O–H groups in total. The minimum absolute atomic E-state index is 0.613. The first-order chi connectivity index (χ1) is 10.7. The fourth-order valence-electron chi connectivity index (χ4n) is 4.80. The van der Waals surface area contributed by atoms with Gasteiger partial charge in [-0.1, -0.05) is 45.4 Å². The third-order valence-electron chi connectivity index (χ3n) is 6.15. The van der Waals surface area contributed by atoms with Crippen molar-refractivity contribution in [2.24, 2.45) is 23.7 Å². The van der Waals surface area contributed by atoms with Gasteiger partial charge in [0.15, 0.2) is 5.83 Å². The van der Waals surface area contributed by atoms with E-state index in [0.29, 0.717) is 0 Å². The van der Waals surface area contributed by atoms with Crippen LogP contribution in [-0.4, -0.2) is 0 Å². The molecule has 0 saturated heterocycles. The van der Waals surface area contributed by atoms with Crippen LogP contribution >= 0.6 is 0 Å². The van der Waals surface area contributed by atoms with Gasteiger partial charge in [-0.3, -0.25) is 0 Å². The SMILES string of the molecule is CCCC1CCC(C2CCC(CC/C=C(\F)C#N)CC2)CC1. The molecule has 0 aliphatic heterocycles. The van der Waals surface area contributed by atoms with Gasteiger partial charge in [-0.25, -0.2) is 0 Å². The van der Waals surface area contributed by atoms with Gasteiger partial charge in [0.25, 0.3) is 0 Å². The Bertz CT molecular complexity index is 379. The average molecular weight is 305 g/mol. The summed E-state index contributed by atoms with van der Waals surface area (Å²) < 4.78 is 12.8. The van der Waals surface area contributed by atoms with E-state index in [9.17, 15) is 4.39 Å². The second-order valence-electron chi connectivity index (χ2n) is 7.59. The van der Waals surface area contributed by atoms with Crippen LogP contribution in [0.15, 0.2) is 11.9 Å². The van der Waals surface area contributed by atoms with Gasteiger partial charge < -0.3 is 0 Å². The molecule has 124 valence electrons. The van der Waals surface area contributed by atoms with Gasteiger partial charge in [-0.2, -0.15) is 9.65 Å². The molecule has 0 atom stereocenters. The Hall–Kier alpha value is -0.840. The minimum Gasteiger partial charge on any atom is -0.195 e. The number of hydrogen-bond donors (Lipinski definition) is 0. The predicted molar refractivity (Wildman–Crippen MR) is 89.8 cm³/mol. The quantitative estimate of drug-likeness (QED) is 0.510. The third-order valence-corrected chi connectivity index (χ3v) is 6.15. The topological polar surface area (TPSA) is 23.8 Å². The van der Waals surface area contributed by atoms with Gasteiger partial charge in [0.05, 0.1) is 0 Å². The summed E-state index contributed by atoms with van der Waals surface area (Å²) in [5, 5.41) is 8.41. The van der Waals surface area contributed by atoms with Gasteiger partial charge >= 0.3 is 0 Å². The fraction of sp³-hybridized carbons (Fsp3) is 0.850. The molecule has 0 amide bonds. The van der Waals surface area contributed by atoms with E-state index in [1.165, 1.54) is 70.3 Å². The summed E-state index contributed by atoms with van der Waals surface area (Å²) in [6.07, 6.45) is 17.3. The lowest BCUT2D eigenvalue weighted by Gasteiger charge is -2.38. The maximum atomic E-state index is 12.8. The molecule has 0 spiro atoms. The monoisotopic (exact) mass is 305 g/mol. The van der Waals surface area contributed by atoms with Crippen LogP contribution in [-0.2, 0) is 0 Å². The van der Waals surface area contributed by atoms with E-state index in [0.717, 1.165) is 36.5 Å². The van der Waals surface area contributed by atoms with Crippen molar-refractivity contribution < 1.29 is 4.39 Å². The fourth-order valence-corrected chi connectivity index (χ4v) is 4.80. The largest absolute Gasteiger partial charge is 0.196 e. The first kappa shape index (κ1) is 17.5. The molecule has 2 aliphatic carbocycles. The number of rotatable bonds is 6. The van der Waals surface area contributed by atoms with Crippen LogP contribution in [0.3, 0.4) is 0 Å². The van der Waals surface area contributed by atoms with E-state index in [1.807, 2.05) is 0 Å². The van der Waals surface area contributed by atoms with Crippen molar-refractivity contribution in [2.45, 2.75) is 84.0 Å². The van der Waals surface area contributed by atoms with Crippen molar-refractivity contribution in [2.75, 3.05) is 0 Å². The molecule has 0 unspecified atom stereocenters. The number of nitriles is 1. The highest BCUT2D eigenvalue weighted by Gasteiger charge is 2.30. The normalized spacial score (nSPS) is 33.4. The molecule has 2 heteroatoms. The Morgan fingerprint density at radius 2 is 1.45 bits per heavy atom. The van der Waals surface area contributed by atoms with Gasteiger partial charge in [0.1, 0.15) is 6.07 Å². The van der Waals surface area contributed by atoms with Crippen molar-refractivity contribution in [3.05, 3.63) is 11.9 Å². The Balaban J connectivity index is 1.64. The summed E-state index contributed by atoms with van der Waals surface area (Å²) in [5.41, 5.74) is 0. The van der Waals surface area contributed by atoms with Gasteiger partial charge in [0, 0.05) is 0 Å². The highest BCUT2D eigenvalue weighted by molar-refractivity contribution is 5.11. The minimum atomic E-state index is -0.613. The summed E-state index contributed by atoms with van der Waals surface area (Å²) >= 11 is 0. The van der Waals surface area contributed by atoms with Gasteiger partial charge in [-0.15, -0.1) is 0 Å². The first-order valence-corrected chi connectivity index (χ1v) is 9.48. The van der Waals surface area contributed by atoms with Crippen LogP contribution in [0.5, 0.6) is 0 Å². The summed E-state index contributed by atoms with van der Waals surface area (Å²) in [5.74, 6) is 3.11. The molecule has 2 saturated carbocycles. The average Bonchev–Trinajstić information content (AvgIpc) is 2.56. The molecule has 0 radical (unpaired) electrons. The van der Waals surface area contributed by atoms with Gasteiger partial charge in [0.2, 0.25) is 0 Å². The molecule has 0 aromatic heterocycles. The number of allylic oxidation sites excluding steroid dienone is 2. The molecule has 22 heavy (non-hydrogen) atoms. The van der Waals surface area contributed by atoms with E-state index in [1.54, 1.807) is 6.07 Å². The molecule has 2 rings (SSSR count). The number of nitrogens with zero attached hydrogens (tertiary/aromatic N) is 1. The maximum Gasteiger partial charge on any atom is 0.196 e. The van der Waals surface area contributed by atoms with E-state index in [4.69, 9.17) is 5.26 Å². The number of hydrogen-bond acceptors (Lipinski definition) is 1. The molecule has 0 heterocycles. The zero-order valence-corrected chi connectivity index (χ0v) is 14.2. The lowest BCUT2D eigenvalue weighted by Crippen LogP contribution is -2.25. The highest BCUT2D eigenvalue weighted by Crippen LogP contribution is 2.42. The predicted octanol–water partition coefficient (Wildman–Crippen LogP) is 6.56. The zero-order chi connectivity index (χ0) is 15.8. The zero-order valence-electron chi connectivity index (χ0n) is 14.2. The molecular weight excluding hydrogens is 273 g/mol. The second kappa shape index (κ2) is 9.33. The van der Waals surface area contributed by atoms with Crippen molar-refractivity contribution in [3.63, 3.8) is 0 Å². The molecule has 1 nitrogen and oxygen atoms in total. The summed E-state index contributed by atoms with van der Waals surface area (Å²) in [6, 6.07) is 1.56. The number of halogens is 1. The smallest absolute Gasteiger partial charge is 0.195 e. The Morgan fingerprint density at radius 1 is 0.955 bits per heavy atom. The van der Waals surface area contributed by atoms with E-state index in [-0.39, 0.29) is 0 Å². The van der Waals surface area contributed by atoms with Crippen molar-refractivity contribution in [1.29, 1.82) is 5.26 Å². The van der Waals surface area contributed by atoms with Crippen LogP contribution in [0.25, 0.3) is 0 Å². The Kier molecular flexibility index (Phi) is 7.43. The lowest BCUT2D eigenvalue weighted by molar-refractivity contribution is 0.141. The molecule has 0 aromatic carbocycles. The van der Waals surface area contributed by atoms with Crippen molar-refractivity contribution in [1.82, 2.24) is 0 Å². The maximum absolute atomic E-state index is 12.8. The summed E-state index contributed by atoms with van der Waals surface area (Å²) in [4.78, 5) is 0. The third kappa shape index (κ3) is 5.41. The second-order valence-corrected chi connectivity index (χ2v) is 7.59. The molecule has 2 fully saturated rings. The molecule has 2 aliphatic rings. The van der Waals surface area contributed by atoms with Crippen molar-refractivity contribution in [3.8, 4) is 6.07 Å². The van der Waals surface area contributed by atoms with Gasteiger partial charge in [-0.05, 0) is 68.3 Å². The van der Waals surface area contributed by atoms with Crippen molar-refractivity contribution >= 4 is 0 Å². The Labute approximate surface area is 136 Å². The summed E-state index contributed by atoms with van der Waals surface area (Å²) in [7, 11) is 0. The van der Waals surface area contributed by atoms with E-state index < -0.39 is 5.83 Å². The van der Waals surface area contributed by atoms with E-state index in [2.05, 4.69) is 6.92 Å². The van der Waals surface area contributed by atoms with Crippen LogP contribution < -0.4 is 0 Å². The standard InChI is InChI=1S/C20H32FN/c1-2-4-16-7-11-18(12-8-16)19-13-9-17(10-14-19)5-3-6-20(21)15-22/h6,16-19H,2-5,7-14H2,1H3/b20-6-. The summed E-state index contributed by atoms with van der Waals surface area (Å²) in [6.45, 7) is 2.31. The molecular formula is C20H32FN. The van der Waals surface area contributed by atoms with E-state index >= 15 is 0 Å². The highest BCUT2D eigenvalue weighted by atomic mass is 19.1. The first-order valence-electron chi connectivity index (χ1n) is 9.48. The van der Waals surface area contributed by atoms with Crippen LogP contribution in [0.4, 0.5) is 4.39 Å². The van der Waals surface area contributed by atoms with Crippen LogP contribution in [0.1, 0.15) is 84.0 Å². The van der Waals surface area contributed by atoms with Crippen LogP contribution in [0, 0.1) is 35.0 Å². The van der Waals surface area contributed by atoms with Crippen LogP contribution in [0.2, 0.25) is 0 Å². The molecule has 0 aromatic rings. The molecule has 0 bridgehead atoms. The Morgan fingerprint density at radius 3 is 1.91 bits per heavy atom.